The molecule has 0 radical (unpaired) electrons. The maximum atomic E-state index is 3.55. The monoisotopic (exact) mass is 257 g/mol. The second-order valence-electron chi connectivity index (χ2n) is 5.44. The number of aromatic nitrogens is 1. The van der Waals surface area contributed by atoms with Crippen molar-refractivity contribution in [1.29, 1.82) is 0 Å². The van der Waals surface area contributed by atoms with Gasteiger partial charge < -0.3 is 10.3 Å². The van der Waals surface area contributed by atoms with Gasteiger partial charge in [-0.2, -0.15) is 0 Å². The van der Waals surface area contributed by atoms with Crippen LogP contribution in [0.25, 0.3) is 10.9 Å². The summed E-state index contributed by atoms with van der Waals surface area (Å²) in [5.74, 6) is 0. The average molecular weight is 257 g/mol. The molecular weight excluding hydrogens is 234 g/mol. The third kappa shape index (κ3) is 3.17. The molecule has 0 spiro atoms. The molecule has 3 rings (SSSR count). The molecule has 0 saturated heterocycles. The molecule has 1 aliphatic carbocycles. The van der Waals surface area contributed by atoms with Crippen LogP contribution in [0, 0.1) is 0 Å². The predicted molar refractivity (Wildman–Crippen MR) is 80.3 cm³/mol. The molecule has 2 N–H and O–H groups in total. The van der Waals surface area contributed by atoms with Gasteiger partial charge in [-0.05, 0) is 48.5 Å². The fraction of sp³-hybridized carbons (Fsp3) is 0.500. The molecule has 1 aliphatic rings. The van der Waals surface area contributed by atoms with E-state index in [9.17, 15) is 0 Å². The third-order valence-electron chi connectivity index (χ3n) is 3.99. The van der Waals surface area contributed by atoms with Crippen LogP contribution >= 0.6 is 0 Å². The summed E-state index contributed by atoms with van der Waals surface area (Å²) in [5, 5.41) is 4.85. The summed E-state index contributed by atoms with van der Waals surface area (Å²) >= 11 is 0. The standard InChI is InChI=1S/C16H23N3/c1-2-19(15-4-5-15)10-9-17-12-13-3-6-16-14(11-13)7-8-18-16/h3,6-8,11,15,17-18H,2,4-5,9-10,12H2,1H3. The van der Waals surface area contributed by atoms with Gasteiger partial charge in [-0.25, -0.2) is 0 Å². The van der Waals surface area contributed by atoms with Gasteiger partial charge in [0.2, 0.25) is 0 Å². The Labute approximate surface area is 115 Å². The lowest BCUT2D eigenvalue weighted by molar-refractivity contribution is 0.277. The van der Waals surface area contributed by atoms with Crippen molar-refractivity contribution in [3.05, 3.63) is 36.0 Å². The van der Waals surface area contributed by atoms with Crippen molar-refractivity contribution in [3.8, 4) is 0 Å². The fourth-order valence-electron chi connectivity index (χ4n) is 2.71. The Kier molecular flexibility index (Phi) is 3.85. The van der Waals surface area contributed by atoms with E-state index in [-0.39, 0.29) is 0 Å². The summed E-state index contributed by atoms with van der Waals surface area (Å²) < 4.78 is 0. The average Bonchev–Trinajstić information content (AvgIpc) is 3.16. The zero-order chi connectivity index (χ0) is 13.1. The Morgan fingerprint density at radius 2 is 2.21 bits per heavy atom. The molecule has 1 saturated carbocycles. The molecule has 1 heterocycles. The highest BCUT2D eigenvalue weighted by Gasteiger charge is 2.26. The van der Waals surface area contributed by atoms with Crippen LogP contribution in [0.3, 0.4) is 0 Å². The largest absolute Gasteiger partial charge is 0.361 e. The Morgan fingerprint density at radius 1 is 1.32 bits per heavy atom. The highest BCUT2D eigenvalue weighted by Crippen LogP contribution is 2.25. The van der Waals surface area contributed by atoms with Crippen molar-refractivity contribution < 1.29 is 0 Å². The predicted octanol–water partition coefficient (Wildman–Crippen LogP) is 2.74. The minimum absolute atomic E-state index is 0.878. The Morgan fingerprint density at radius 3 is 3.00 bits per heavy atom. The minimum atomic E-state index is 0.878. The van der Waals surface area contributed by atoms with Gasteiger partial charge >= 0.3 is 0 Å². The quantitative estimate of drug-likeness (QED) is 0.747. The number of aromatic amines is 1. The molecule has 1 aromatic carbocycles. The van der Waals surface area contributed by atoms with Gasteiger partial charge in [-0.1, -0.05) is 13.0 Å². The van der Waals surface area contributed by atoms with Crippen LogP contribution in [0.4, 0.5) is 0 Å². The lowest BCUT2D eigenvalue weighted by Gasteiger charge is -2.19. The van der Waals surface area contributed by atoms with Gasteiger partial charge in [0, 0.05) is 37.4 Å². The number of benzene rings is 1. The Bertz CT molecular complexity index is 528. The van der Waals surface area contributed by atoms with Crippen LogP contribution in [-0.4, -0.2) is 35.6 Å². The van der Waals surface area contributed by atoms with Crippen molar-refractivity contribution >= 4 is 10.9 Å². The lowest BCUT2D eigenvalue weighted by Crippen LogP contribution is -2.33. The maximum absolute atomic E-state index is 3.55. The number of likely N-dealkylation sites (N-methyl/N-ethyl adjacent to an activating group) is 1. The molecule has 19 heavy (non-hydrogen) atoms. The molecule has 3 nitrogen and oxygen atoms in total. The molecule has 3 heteroatoms. The Hall–Kier alpha value is -1.32. The Balaban J connectivity index is 1.46. The topological polar surface area (TPSA) is 31.1 Å². The smallest absolute Gasteiger partial charge is 0.0454 e. The summed E-state index contributed by atoms with van der Waals surface area (Å²) in [7, 11) is 0. The first-order chi connectivity index (χ1) is 9.36. The number of nitrogens with zero attached hydrogens (tertiary/aromatic N) is 1. The molecule has 0 bridgehead atoms. The first-order valence-corrected chi connectivity index (χ1v) is 7.37. The molecule has 0 atom stereocenters. The van der Waals surface area contributed by atoms with E-state index in [0.717, 1.165) is 19.1 Å². The summed E-state index contributed by atoms with van der Waals surface area (Å²) in [4.78, 5) is 5.81. The highest BCUT2D eigenvalue weighted by atomic mass is 15.2. The van der Waals surface area contributed by atoms with Crippen LogP contribution in [0.15, 0.2) is 30.5 Å². The van der Waals surface area contributed by atoms with E-state index in [1.54, 1.807) is 0 Å². The number of fused-ring (bicyclic) bond motifs is 1. The molecule has 102 valence electrons. The summed E-state index contributed by atoms with van der Waals surface area (Å²) in [5.41, 5.74) is 2.58. The fourth-order valence-corrected chi connectivity index (χ4v) is 2.71. The molecule has 0 amide bonds. The normalized spacial score (nSPS) is 15.5. The summed E-state index contributed by atoms with van der Waals surface area (Å²) in [6.07, 6.45) is 4.80. The summed E-state index contributed by atoms with van der Waals surface area (Å²) in [6.45, 7) is 6.66. The number of hydrogen-bond acceptors (Lipinski definition) is 2. The number of nitrogens with one attached hydrogen (secondary N) is 2. The lowest BCUT2D eigenvalue weighted by atomic mass is 10.1. The number of rotatable bonds is 7. The molecule has 1 aromatic heterocycles. The second-order valence-corrected chi connectivity index (χ2v) is 5.44. The van der Waals surface area contributed by atoms with Gasteiger partial charge in [-0.15, -0.1) is 0 Å². The SMILES string of the molecule is CCN(CCNCc1ccc2[nH]ccc2c1)C1CC1. The van der Waals surface area contributed by atoms with Gasteiger partial charge in [0.25, 0.3) is 0 Å². The molecular formula is C16H23N3. The summed E-state index contributed by atoms with van der Waals surface area (Å²) in [6, 6.07) is 9.63. The van der Waals surface area contributed by atoms with Crippen molar-refractivity contribution in [2.75, 3.05) is 19.6 Å². The zero-order valence-corrected chi connectivity index (χ0v) is 11.7. The van der Waals surface area contributed by atoms with E-state index in [0.29, 0.717) is 0 Å². The zero-order valence-electron chi connectivity index (χ0n) is 11.7. The van der Waals surface area contributed by atoms with E-state index in [1.807, 2.05) is 6.20 Å². The number of hydrogen-bond donors (Lipinski definition) is 2. The van der Waals surface area contributed by atoms with Crippen LogP contribution in [0.2, 0.25) is 0 Å². The van der Waals surface area contributed by atoms with Crippen molar-refractivity contribution in [2.45, 2.75) is 32.4 Å². The highest BCUT2D eigenvalue weighted by molar-refractivity contribution is 5.79. The second kappa shape index (κ2) is 5.76. The van der Waals surface area contributed by atoms with Gasteiger partial charge in [0.05, 0.1) is 0 Å². The molecule has 2 aromatic rings. The third-order valence-corrected chi connectivity index (χ3v) is 3.99. The number of H-pyrrole nitrogens is 1. The van der Waals surface area contributed by atoms with Crippen LogP contribution < -0.4 is 5.32 Å². The van der Waals surface area contributed by atoms with Gasteiger partial charge in [0.15, 0.2) is 0 Å². The first kappa shape index (κ1) is 12.7. The van der Waals surface area contributed by atoms with Crippen LogP contribution in [0.1, 0.15) is 25.3 Å². The van der Waals surface area contributed by atoms with Crippen molar-refractivity contribution in [3.63, 3.8) is 0 Å². The van der Waals surface area contributed by atoms with Crippen molar-refractivity contribution in [1.82, 2.24) is 15.2 Å². The van der Waals surface area contributed by atoms with E-state index in [2.05, 4.69) is 46.4 Å². The van der Waals surface area contributed by atoms with E-state index in [4.69, 9.17) is 0 Å². The molecule has 0 aliphatic heterocycles. The minimum Gasteiger partial charge on any atom is -0.361 e. The molecule has 0 unspecified atom stereocenters. The molecule has 1 fully saturated rings. The van der Waals surface area contributed by atoms with Crippen molar-refractivity contribution in [2.24, 2.45) is 0 Å². The van der Waals surface area contributed by atoms with E-state index < -0.39 is 0 Å². The van der Waals surface area contributed by atoms with E-state index in [1.165, 1.54) is 42.4 Å². The van der Waals surface area contributed by atoms with E-state index >= 15 is 0 Å². The van der Waals surface area contributed by atoms with Gasteiger partial charge in [0.1, 0.15) is 0 Å². The first-order valence-electron chi connectivity index (χ1n) is 7.37. The van der Waals surface area contributed by atoms with Gasteiger partial charge in [-0.3, -0.25) is 4.90 Å². The van der Waals surface area contributed by atoms with Crippen LogP contribution in [0.5, 0.6) is 0 Å². The van der Waals surface area contributed by atoms with Crippen LogP contribution in [-0.2, 0) is 6.54 Å². The maximum Gasteiger partial charge on any atom is 0.0454 e.